The van der Waals surface area contributed by atoms with Crippen LogP contribution in [0.5, 0.6) is 5.75 Å². The highest BCUT2D eigenvalue weighted by atomic mass is 16.5. The number of ether oxygens (including phenoxy) is 1. The summed E-state index contributed by atoms with van der Waals surface area (Å²) < 4.78 is 5.68. The van der Waals surface area contributed by atoms with Crippen LogP contribution in [0.4, 0.5) is 0 Å². The number of hydrogen-bond acceptors (Lipinski definition) is 3. The predicted molar refractivity (Wildman–Crippen MR) is 72.8 cm³/mol. The summed E-state index contributed by atoms with van der Waals surface area (Å²) in [4.78, 5) is 16.1. The van der Waals surface area contributed by atoms with Crippen LogP contribution in [0.1, 0.15) is 47.2 Å². The van der Waals surface area contributed by atoms with Gasteiger partial charge in [-0.3, -0.25) is 9.78 Å². The van der Waals surface area contributed by atoms with E-state index in [9.17, 15) is 4.79 Å². The molecular weight excluding hydrogens is 226 g/mol. The summed E-state index contributed by atoms with van der Waals surface area (Å²) in [5.41, 5.74) is 0.239. The van der Waals surface area contributed by atoms with Crippen molar-refractivity contribution in [2.75, 3.05) is 0 Å². The third-order valence-corrected chi connectivity index (χ3v) is 2.40. The van der Waals surface area contributed by atoms with Crippen LogP contribution < -0.4 is 4.74 Å². The van der Waals surface area contributed by atoms with E-state index in [2.05, 4.69) is 4.98 Å². The van der Waals surface area contributed by atoms with E-state index in [0.29, 0.717) is 6.42 Å². The quantitative estimate of drug-likeness (QED) is 0.824. The molecule has 0 spiro atoms. The number of aromatic nitrogens is 1. The van der Waals surface area contributed by atoms with Gasteiger partial charge in [0.25, 0.3) is 0 Å². The second-order valence-electron chi connectivity index (χ2n) is 6.55. The molecule has 100 valence electrons. The maximum absolute atomic E-state index is 11.9. The molecule has 0 radical (unpaired) electrons. The van der Waals surface area contributed by atoms with Gasteiger partial charge in [-0.2, -0.15) is 0 Å². The number of carbonyl (C=O) groups is 1. The molecule has 0 fully saturated rings. The molecule has 0 saturated carbocycles. The van der Waals surface area contributed by atoms with Crippen LogP contribution in [-0.4, -0.2) is 16.4 Å². The van der Waals surface area contributed by atoms with Crippen molar-refractivity contribution in [1.29, 1.82) is 0 Å². The van der Waals surface area contributed by atoms with Gasteiger partial charge in [-0.25, -0.2) is 0 Å². The molecule has 0 aromatic carbocycles. The number of rotatable bonds is 3. The molecule has 0 N–H and O–H groups in total. The van der Waals surface area contributed by atoms with Crippen LogP contribution in [-0.2, 0) is 11.2 Å². The Hall–Kier alpha value is -1.38. The highest BCUT2D eigenvalue weighted by molar-refractivity contribution is 5.85. The zero-order valence-corrected chi connectivity index (χ0v) is 12.2. The lowest BCUT2D eigenvalue weighted by atomic mass is 9.88. The predicted octanol–water partition coefficient (Wildman–Crippen LogP) is 3.42. The van der Waals surface area contributed by atoms with Crippen LogP contribution in [0.3, 0.4) is 0 Å². The Balaban J connectivity index is 2.70. The van der Waals surface area contributed by atoms with Gasteiger partial charge in [-0.15, -0.1) is 0 Å². The summed E-state index contributed by atoms with van der Waals surface area (Å²) >= 11 is 0. The van der Waals surface area contributed by atoms with E-state index in [0.717, 1.165) is 11.4 Å². The molecule has 0 bridgehead atoms. The van der Waals surface area contributed by atoms with Gasteiger partial charge in [0.2, 0.25) is 0 Å². The average molecular weight is 249 g/mol. The molecule has 0 unspecified atom stereocenters. The summed E-state index contributed by atoms with van der Waals surface area (Å²) in [5.74, 6) is 0.925. The van der Waals surface area contributed by atoms with Gasteiger partial charge in [-0.1, -0.05) is 20.8 Å². The van der Waals surface area contributed by atoms with Crippen LogP contribution in [0, 0.1) is 5.41 Å². The Bertz CT molecular complexity index is 408. The minimum Gasteiger partial charge on any atom is -0.487 e. The van der Waals surface area contributed by atoms with Crippen molar-refractivity contribution in [2.24, 2.45) is 5.41 Å². The van der Waals surface area contributed by atoms with Crippen molar-refractivity contribution in [3.63, 3.8) is 0 Å². The zero-order chi connectivity index (χ0) is 14.0. The SMILES string of the molecule is CC(C)(C)Oc1ccc(CC(=O)C(C)(C)C)nc1. The van der Waals surface area contributed by atoms with Gasteiger partial charge in [-0.05, 0) is 32.9 Å². The molecule has 1 aromatic heterocycles. The molecule has 3 heteroatoms. The van der Waals surface area contributed by atoms with Crippen molar-refractivity contribution in [2.45, 2.75) is 53.6 Å². The fourth-order valence-corrected chi connectivity index (χ4v) is 1.36. The van der Waals surface area contributed by atoms with E-state index in [1.54, 1.807) is 6.20 Å². The Morgan fingerprint density at radius 1 is 1.17 bits per heavy atom. The fraction of sp³-hybridized carbons (Fsp3) is 0.600. The first-order chi connectivity index (χ1) is 8.08. The Morgan fingerprint density at radius 3 is 2.17 bits per heavy atom. The van der Waals surface area contributed by atoms with Crippen molar-refractivity contribution in [3.05, 3.63) is 24.0 Å². The van der Waals surface area contributed by atoms with Gasteiger partial charge in [0.05, 0.1) is 6.20 Å². The maximum atomic E-state index is 11.9. The van der Waals surface area contributed by atoms with E-state index >= 15 is 0 Å². The monoisotopic (exact) mass is 249 g/mol. The summed E-state index contributed by atoms with van der Waals surface area (Å²) in [6.07, 6.45) is 2.05. The molecule has 1 aromatic rings. The highest BCUT2D eigenvalue weighted by Gasteiger charge is 2.21. The van der Waals surface area contributed by atoms with Crippen LogP contribution in [0.2, 0.25) is 0 Å². The van der Waals surface area contributed by atoms with Crippen molar-refractivity contribution < 1.29 is 9.53 Å². The number of nitrogens with zero attached hydrogens (tertiary/aromatic N) is 1. The zero-order valence-electron chi connectivity index (χ0n) is 12.2. The van der Waals surface area contributed by atoms with E-state index < -0.39 is 0 Å². The van der Waals surface area contributed by atoms with Crippen molar-refractivity contribution >= 4 is 5.78 Å². The number of ketones is 1. The summed E-state index contributed by atoms with van der Waals surface area (Å²) in [6.45, 7) is 11.7. The number of Topliss-reactive ketones (excluding diaryl/α,β-unsaturated/α-hetero) is 1. The van der Waals surface area contributed by atoms with Gasteiger partial charge < -0.3 is 4.74 Å². The molecule has 0 aliphatic carbocycles. The maximum Gasteiger partial charge on any atom is 0.144 e. The van der Waals surface area contributed by atoms with Crippen LogP contribution in [0.15, 0.2) is 18.3 Å². The summed E-state index contributed by atoms with van der Waals surface area (Å²) in [7, 11) is 0. The Labute approximate surface area is 110 Å². The molecule has 0 aliphatic heterocycles. The van der Waals surface area contributed by atoms with Gasteiger partial charge in [0.15, 0.2) is 0 Å². The lowest BCUT2D eigenvalue weighted by Crippen LogP contribution is -2.23. The van der Waals surface area contributed by atoms with Crippen molar-refractivity contribution in [3.8, 4) is 5.75 Å². The standard InChI is InChI=1S/C15H23NO2/c1-14(2,3)13(17)9-11-7-8-12(10-16-11)18-15(4,5)6/h7-8,10H,9H2,1-6H3. The van der Waals surface area contributed by atoms with Crippen molar-refractivity contribution in [1.82, 2.24) is 4.98 Å². The minimum atomic E-state index is -0.317. The lowest BCUT2D eigenvalue weighted by Gasteiger charge is -2.21. The molecule has 0 saturated heterocycles. The molecular formula is C15H23NO2. The molecule has 0 aliphatic rings. The molecule has 1 rings (SSSR count). The number of carbonyl (C=O) groups excluding carboxylic acids is 1. The first-order valence-corrected chi connectivity index (χ1v) is 6.25. The largest absolute Gasteiger partial charge is 0.487 e. The molecule has 0 amide bonds. The molecule has 0 atom stereocenters. The molecule has 1 heterocycles. The fourth-order valence-electron chi connectivity index (χ4n) is 1.36. The lowest BCUT2D eigenvalue weighted by molar-refractivity contribution is -0.125. The average Bonchev–Trinajstić information content (AvgIpc) is 2.17. The van der Waals surface area contributed by atoms with E-state index in [4.69, 9.17) is 4.74 Å². The normalized spacial score (nSPS) is 12.3. The third kappa shape index (κ3) is 4.86. The second-order valence-corrected chi connectivity index (χ2v) is 6.55. The summed E-state index contributed by atoms with van der Waals surface area (Å²) in [6, 6.07) is 3.72. The summed E-state index contributed by atoms with van der Waals surface area (Å²) in [5, 5.41) is 0. The first kappa shape index (κ1) is 14.7. The van der Waals surface area contributed by atoms with E-state index in [1.165, 1.54) is 0 Å². The van der Waals surface area contributed by atoms with Crippen LogP contribution in [0.25, 0.3) is 0 Å². The topological polar surface area (TPSA) is 39.2 Å². The molecule has 18 heavy (non-hydrogen) atoms. The highest BCUT2D eigenvalue weighted by Crippen LogP contribution is 2.20. The third-order valence-electron chi connectivity index (χ3n) is 2.40. The number of hydrogen-bond donors (Lipinski definition) is 0. The van der Waals surface area contributed by atoms with Crippen LogP contribution >= 0.6 is 0 Å². The smallest absolute Gasteiger partial charge is 0.144 e. The van der Waals surface area contributed by atoms with E-state index in [-0.39, 0.29) is 16.8 Å². The van der Waals surface area contributed by atoms with Gasteiger partial charge >= 0.3 is 0 Å². The van der Waals surface area contributed by atoms with Gasteiger partial charge in [0, 0.05) is 17.5 Å². The van der Waals surface area contributed by atoms with Gasteiger partial charge in [0.1, 0.15) is 17.1 Å². The first-order valence-electron chi connectivity index (χ1n) is 6.25. The minimum absolute atomic E-state index is 0.194. The molecule has 3 nitrogen and oxygen atoms in total. The Kier molecular flexibility index (Phi) is 4.15. The van der Waals surface area contributed by atoms with E-state index in [1.807, 2.05) is 53.7 Å². The Morgan fingerprint density at radius 2 is 1.78 bits per heavy atom. The number of pyridine rings is 1. The second kappa shape index (κ2) is 5.09.